The second kappa shape index (κ2) is 13.0. The molecule has 3 aliphatic heterocycles. The Bertz CT molecular complexity index is 1840. The highest BCUT2D eigenvalue weighted by Gasteiger charge is 2.42. The topological polar surface area (TPSA) is 112 Å². The van der Waals surface area contributed by atoms with Crippen LogP contribution in [0.15, 0.2) is 47.3 Å². The third-order valence-electron chi connectivity index (χ3n) is 10.1. The van der Waals surface area contributed by atoms with Gasteiger partial charge in [0.15, 0.2) is 0 Å². The van der Waals surface area contributed by atoms with Crippen molar-refractivity contribution < 1.29 is 9.30 Å². The van der Waals surface area contributed by atoms with Crippen molar-refractivity contribution in [3.63, 3.8) is 0 Å². The summed E-state index contributed by atoms with van der Waals surface area (Å²) in [6, 6.07) is 9.40. The van der Waals surface area contributed by atoms with E-state index in [-0.39, 0.29) is 0 Å². The maximum atomic E-state index is 13.4. The zero-order valence-electron chi connectivity index (χ0n) is 27.7. The van der Waals surface area contributed by atoms with Crippen LogP contribution in [-0.4, -0.2) is 102 Å². The molecule has 3 saturated heterocycles. The molecule has 0 bridgehead atoms. The molecule has 5 heterocycles. The lowest BCUT2D eigenvalue weighted by atomic mass is 10.0. The first-order valence-electron chi connectivity index (χ1n) is 16.3. The molecule has 0 saturated carbocycles. The van der Waals surface area contributed by atoms with E-state index in [0.717, 1.165) is 36.5 Å². The first-order valence-corrected chi connectivity index (χ1v) is 19.7. The second-order valence-electron chi connectivity index (χ2n) is 13.5. The Morgan fingerprint density at radius 3 is 2.51 bits per heavy atom. The zero-order chi connectivity index (χ0) is 32.9. The number of anilines is 5. The first kappa shape index (κ1) is 32.2. The predicted octanol–water partition coefficient (Wildman–Crippen LogP) is 5.84. The average molecular weight is 721 g/mol. The number of nitrogens with zero attached hydrogens (tertiary/aromatic N) is 7. The number of fused-ring (bicyclic) bond motifs is 2. The predicted molar refractivity (Wildman–Crippen MR) is 194 cm³/mol. The summed E-state index contributed by atoms with van der Waals surface area (Å²) in [7, 11) is 1.25. The van der Waals surface area contributed by atoms with Crippen LogP contribution in [-0.2, 0) is 4.57 Å². The normalized spacial score (nSPS) is 20.9. The van der Waals surface area contributed by atoms with Crippen molar-refractivity contribution in [3.8, 4) is 5.75 Å². The molecule has 0 aliphatic carbocycles. The molecule has 47 heavy (non-hydrogen) atoms. The van der Waals surface area contributed by atoms with E-state index in [0.29, 0.717) is 44.3 Å². The smallest absolute Gasteiger partial charge is 0.229 e. The van der Waals surface area contributed by atoms with Crippen LogP contribution in [0.3, 0.4) is 0 Å². The number of aryl methyl sites for hydroxylation is 1. The number of aromatic nitrogens is 4. The Morgan fingerprint density at radius 1 is 0.979 bits per heavy atom. The maximum absolute atomic E-state index is 13.4. The van der Waals surface area contributed by atoms with Crippen molar-refractivity contribution in [1.29, 1.82) is 0 Å². The molecule has 11 nitrogen and oxygen atoms in total. The molecule has 0 radical (unpaired) electrons. The summed E-state index contributed by atoms with van der Waals surface area (Å²) in [5.74, 6) is 2.52. The number of hydrogen-bond donors (Lipinski definition) is 2. The molecule has 3 aliphatic rings. The van der Waals surface area contributed by atoms with Gasteiger partial charge in [0.2, 0.25) is 5.95 Å². The molecule has 13 heteroatoms. The SMILES string of the molecule is COc1cc(N2CCC(N3CC4CCN(C)C4C3)CC2)c(C)cc1Nc1ncc(Br)c(Nc2ccc3nccnc3c2P(C)(C)=O)n1. The van der Waals surface area contributed by atoms with Gasteiger partial charge in [-0.25, -0.2) is 4.98 Å². The van der Waals surface area contributed by atoms with Gasteiger partial charge in [0.25, 0.3) is 0 Å². The summed E-state index contributed by atoms with van der Waals surface area (Å²) >= 11 is 3.58. The van der Waals surface area contributed by atoms with Crippen molar-refractivity contribution in [3.05, 3.63) is 52.9 Å². The third-order valence-corrected chi connectivity index (χ3v) is 12.2. The number of halogens is 1. The van der Waals surface area contributed by atoms with Gasteiger partial charge in [-0.3, -0.25) is 14.9 Å². The van der Waals surface area contributed by atoms with Gasteiger partial charge in [-0.1, -0.05) is 0 Å². The Hall–Kier alpha value is -3.31. The maximum Gasteiger partial charge on any atom is 0.229 e. The lowest BCUT2D eigenvalue weighted by Crippen LogP contribution is -2.45. The van der Waals surface area contributed by atoms with Crippen molar-refractivity contribution in [2.75, 3.05) is 75.7 Å². The highest BCUT2D eigenvalue weighted by Crippen LogP contribution is 2.42. The number of likely N-dealkylation sites (N-methyl/N-ethyl adjacent to an activating group) is 1. The number of hydrogen-bond acceptors (Lipinski definition) is 11. The van der Waals surface area contributed by atoms with E-state index in [1.807, 2.05) is 12.1 Å². The average Bonchev–Trinajstić information content (AvgIpc) is 3.64. The number of likely N-dealkylation sites (tertiary alicyclic amines) is 2. The highest BCUT2D eigenvalue weighted by molar-refractivity contribution is 9.10. The van der Waals surface area contributed by atoms with E-state index < -0.39 is 7.14 Å². The summed E-state index contributed by atoms with van der Waals surface area (Å²) in [5.41, 5.74) is 5.14. The zero-order valence-corrected chi connectivity index (χ0v) is 30.2. The van der Waals surface area contributed by atoms with Crippen molar-refractivity contribution in [2.45, 2.75) is 38.3 Å². The van der Waals surface area contributed by atoms with Crippen LogP contribution in [0, 0.1) is 12.8 Å². The van der Waals surface area contributed by atoms with Crippen molar-refractivity contribution in [1.82, 2.24) is 29.7 Å². The van der Waals surface area contributed by atoms with Gasteiger partial charge < -0.3 is 29.7 Å². The number of piperidine rings is 1. The molecule has 3 fully saturated rings. The van der Waals surface area contributed by atoms with E-state index >= 15 is 0 Å². The number of methoxy groups -OCH3 is 1. The van der Waals surface area contributed by atoms with Crippen LogP contribution in [0.2, 0.25) is 0 Å². The van der Waals surface area contributed by atoms with E-state index in [4.69, 9.17) is 9.72 Å². The fourth-order valence-corrected chi connectivity index (χ4v) is 9.37. The summed E-state index contributed by atoms with van der Waals surface area (Å²) in [6.07, 6.45) is 8.67. The highest BCUT2D eigenvalue weighted by atomic mass is 79.9. The molecule has 2 aromatic heterocycles. The molecule has 0 spiro atoms. The molecule has 248 valence electrons. The minimum Gasteiger partial charge on any atom is -0.494 e. The summed E-state index contributed by atoms with van der Waals surface area (Å²) in [6.45, 7) is 11.4. The van der Waals surface area contributed by atoms with Gasteiger partial charge in [0.05, 0.1) is 33.8 Å². The molecule has 0 amide bonds. The van der Waals surface area contributed by atoms with Gasteiger partial charge >= 0.3 is 0 Å². The summed E-state index contributed by atoms with van der Waals surface area (Å²) < 4.78 is 20.0. The standard InChI is InChI=1S/C34H43BrN9O2P/c1-21-16-27(30(46-3)17-28(21)43-14-9-23(10-15-43)44-19-22-8-13-42(2)29(22)20-44)40-34-38-18-24(35)33(41-34)39-26-7-6-25-31(37-12-11-36-25)32(26)47(4,5)45/h6-7,11-12,16-18,22-23,29H,8-10,13-15,19-20H2,1-5H3,(H2,38,39,40,41). The molecule has 2 unspecified atom stereocenters. The molecule has 4 aromatic rings. The van der Waals surface area contributed by atoms with E-state index in [1.165, 1.54) is 50.1 Å². The van der Waals surface area contributed by atoms with Crippen molar-refractivity contribution in [2.24, 2.45) is 5.92 Å². The van der Waals surface area contributed by atoms with Gasteiger partial charge in [-0.2, -0.15) is 4.98 Å². The Balaban J connectivity index is 1.07. The minimum absolute atomic E-state index is 0.404. The minimum atomic E-state index is -2.73. The number of nitrogens with one attached hydrogen (secondary N) is 2. The lowest BCUT2D eigenvalue weighted by Gasteiger charge is -2.39. The van der Waals surface area contributed by atoms with Gasteiger partial charge in [0, 0.05) is 68.6 Å². The fourth-order valence-electron chi connectivity index (χ4n) is 7.69. The van der Waals surface area contributed by atoms with Crippen LogP contribution in [0.4, 0.5) is 28.8 Å². The van der Waals surface area contributed by atoms with Gasteiger partial charge in [-0.05, 0) is 98.7 Å². The first-order chi connectivity index (χ1) is 22.6. The molecule has 2 N–H and O–H groups in total. The molecular formula is C34H43BrN9O2P. The van der Waals surface area contributed by atoms with Crippen LogP contribution in [0.5, 0.6) is 5.75 Å². The molecule has 2 aromatic carbocycles. The van der Waals surface area contributed by atoms with Crippen molar-refractivity contribution >= 4 is 68.2 Å². The Morgan fingerprint density at radius 2 is 1.77 bits per heavy atom. The van der Waals surface area contributed by atoms with E-state index in [1.54, 1.807) is 39.0 Å². The molecular weight excluding hydrogens is 677 g/mol. The van der Waals surface area contributed by atoms with Crippen LogP contribution in [0.25, 0.3) is 11.0 Å². The van der Waals surface area contributed by atoms with Gasteiger partial charge in [-0.15, -0.1) is 0 Å². The van der Waals surface area contributed by atoms with Crippen LogP contribution >= 0.6 is 23.1 Å². The van der Waals surface area contributed by atoms with E-state index in [9.17, 15) is 4.57 Å². The quantitative estimate of drug-likeness (QED) is 0.214. The number of benzene rings is 2. The van der Waals surface area contributed by atoms with Crippen LogP contribution < -0.4 is 25.6 Å². The largest absolute Gasteiger partial charge is 0.494 e. The summed E-state index contributed by atoms with van der Waals surface area (Å²) in [4.78, 5) is 26.0. The molecule has 2 atom stereocenters. The monoisotopic (exact) mass is 719 g/mol. The molecule has 7 rings (SSSR count). The number of ether oxygens (including phenoxy) is 1. The summed E-state index contributed by atoms with van der Waals surface area (Å²) in [5, 5.41) is 7.38. The van der Waals surface area contributed by atoms with E-state index in [2.05, 4.69) is 82.3 Å². The number of rotatable bonds is 8. The second-order valence-corrected chi connectivity index (χ2v) is 17.5. The fraction of sp³-hybridized carbons (Fsp3) is 0.471. The lowest BCUT2D eigenvalue weighted by molar-refractivity contribution is 0.180. The Kier molecular flexibility index (Phi) is 8.89. The van der Waals surface area contributed by atoms with Gasteiger partial charge in [0.1, 0.15) is 24.2 Å². The van der Waals surface area contributed by atoms with Crippen LogP contribution in [0.1, 0.15) is 24.8 Å². The third kappa shape index (κ3) is 6.45. The Labute approximate surface area is 285 Å².